The molecule has 1 saturated heterocycles. The van der Waals surface area contributed by atoms with Gasteiger partial charge in [-0.3, -0.25) is 0 Å². The van der Waals surface area contributed by atoms with Crippen LogP contribution in [-0.2, 0) is 0 Å². The summed E-state index contributed by atoms with van der Waals surface area (Å²) in [7, 11) is 0. The zero-order chi connectivity index (χ0) is 15.0. The molecule has 0 amide bonds. The van der Waals surface area contributed by atoms with Gasteiger partial charge in [0.05, 0.1) is 16.1 Å². The first-order valence-electron chi connectivity index (χ1n) is 7.45. The van der Waals surface area contributed by atoms with E-state index in [0.717, 1.165) is 38.0 Å². The summed E-state index contributed by atoms with van der Waals surface area (Å²) in [4.78, 5) is 6.78. The fraction of sp³-hybridized carbons (Fsp3) is 0.533. The molecule has 0 radical (unpaired) electrons. The van der Waals surface area contributed by atoms with E-state index in [4.69, 9.17) is 17.3 Å². The molecule has 1 aliphatic rings. The molecule has 0 atom stereocenters. The van der Waals surface area contributed by atoms with Crippen LogP contribution < -0.4 is 5.73 Å². The van der Waals surface area contributed by atoms with Gasteiger partial charge in [0.25, 0.3) is 0 Å². The van der Waals surface area contributed by atoms with E-state index in [9.17, 15) is 4.39 Å². The molecule has 2 N–H and O–H groups in total. The standard InChI is InChI=1S/C15H20ClFN4/c1-2-5-20-6-3-10(4-7-20)21-14-9-12(17)11(16)8-13(14)19-15(21)18/h8-10H,2-7H2,1H3,(H2,18,19). The molecule has 114 valence electrons. The van der Waals surface area contributed by atoms with Crippen LogP contribution in [0.1, 0.15) is 32.2 Å². The summed E-state index contributed by atoms with van der Waals surface area (Å²) in [5.74, 6) is 0.0225. The second-order valence-corrected chi connectivity index (χ2v) is 6.08. The lowest BCUT2D eigenvalue weighted by Crippen LogP contribution is -2.35. The number of halogens is 2. The number of likely N-dealkylation sites (tertiary alicyclic amines) is 1. The summed E-state index contributed by atoms with van der Waals surface area (Å²) in [6.07, 6.45) is 3.20. The Morgan fingerprint density at radius 2 is 2.10 bits per heavy atom. The Bertz CT molecular complexity index is 647. The Kier molecular flexibility index (Phi) is 4.04. The van der Waals surface area contributed by atoms with E-state index in [1.54, 1.807) is 6.07 Å². The van der Waals surface area contributed by atoms with Crippen LogP contribution >= 0.6 is 11.6 Å². The molecule has 1 aliphatic heterocycles. The first kappa shape index (κ1) is 14.6. The first-order chi connectivity index (χ1) is 10.1. The van der Waals surface area contributed by atoms with Crippen LogP contribution in [0, 0.1) is 5.82 Å². The second-order valence-electron chi connectivity index (χ2n) is 5.67. The summed E-state index contributed by atoms with van der Waals surface area (Å²) in [6.45, 7) is 5.43. The normalized spacial score (nSPS) is 17.7. The Morgan fingerprint density at radius 3 is 2.76 bits per heavy atom. The Labute approximate surface area is 128 Å². The number of hydrogen-bond acceptors (Lipinski definition) is 3. The van der Waals surface area contributed by atoms with E-state index in [1.807, 2.05) is 4.57 Å². The van der Waals surface area contributed by atoms with Gasteiger partial charge in [-0.1, -0.05) is 18.5 Å². The van der Waals surface area contributed by atoms with Gasteiger partial charge in [-0.25, -0.2) is 9.37 Å². The average molecular weight is 311 g/mol. The molecule has 1 fully saturated rings. The molecule has 0 aliphatic carbocycles. The molecule has 1 aromatic heterocycles. The smallest absolute Gasteiger partial charge is 0.201 e. The van der Waals surface area contributed by atoms with E-state index in [2.05, 4.69) is 16.8 Å². The summed E-state index contributed by atoms with van der Waals surface area (Å²) in [5, 5.41) is 0.0879. The van der Waals surface area contributed by atoms with Crippen LogP contribution in [0.15, 0.2) is 12.1 Å². The van der Waals surface area contributed by atoms with Crippen molar-refractivity contribution < 1.29 is 4.39 Å². The van der Waals surface area contributed by atoms with Crippen molar-refractivity contribution in [1.29, 1.82) is 0 Å². The first-order valence-corrected chi connectivity index (χ1v) is 7.82. The maximum Gasteiger partial charge on any atom is 0.201 e. The van der Waals surface area contributed by atoms with Crippen LogP contribution in [0.2, 0.25) is 5.02 Å². The summed E-state index contributed by atoms with van der Waals surface area (Å²) in [6, 6.07) is 3.27. The third-order valence-corrected chi connectivity index (χ3v) is 4.51. The molecule has 0 bridgehead atoms. The monoisotopic (exact) mass is 310 g/mol. The molecule has 1 aromatic carbocycles. The highest BCUT2D eigenvalue weighted by molar-refractivity contribution is 6.31. The summed E-state index contributed by atoms with van der Waals surface area (Å²) < 4.78 is 15.7. The molecule has 0 unspecified atom stereocenters. The van der Waals surface area contributed by atoms with E-state index >= 15 is 0 Å². The predicted octanol–water partition coefficient (Wildman–Crippen LogP) is 3.46. The van der Waals surface area contributed by atoms with Gasteiger partial charge in [0, 0.05) is 25.2 Å². The quantitative estimate of drug-likeness (QED) is 0.944. The van der Waals surface area contributed by atoms with E-state index in [-0.39, 0.29) is 11.1 Å². The fourth-order valence-electron chi connectivity index (χ4n) is 3.21. The van der Waals surface area contributed by atoms with Gasteiger partial charge in [-0.05, 0) is 31.9 Å². The van der Waals surface area contributed by atoms with Gasteiger partial charge in [-0.15, -0.1) is 0 Å². The van der Waals surface area contributed by atoms with Gasteiger partial charge >= 0.3 is 0 Å². The SMILES string of the molecule is CCCN1CCC(n2c(N)nc3cc(Cl)c(F)cc32)CC1. The van der Waals surface area contributed by atoms with Crippen molar-refractivity contribution in [2.75, 3.05) is 25.4 Å². The molecular formula is C15H20ClFN4. The summed E-state index contributed by atoms with van der Waals surface area (Å²) >= 11 is 5.82. The van der Waals surface area contributed by atoms with Crippen molar-refractivity contribution in [2.45, 2.75) is 32.2 Å². The number of fused-ring (bicyclic) bond motifs is 1. The van der Waals surface area contributed by atoms with Crippen LogP contribution in [0.3, 0.4) is 0 Å². The molecule has 21 heavy (non-hydrogen) atoms. The number of piperidine rings is 1. The van der Waals surface area contributed by atoms with Crippen LogP contribution in [0.25, 0.3) is 11.0 Å². The number of nitrogens with two attached hydrogens (primary N) is 1. The lowest BCUT2D eigenvalue weighted by atomic mass is 10.0. The number of benzene rings is 1. The number of anilines is 1. The Morgan fingerprint density at radius 1 is 1.38 bits per heavy atom. The van der Waals surface area contributed by atoms with Gasteiger partial charge in [0.2, 0.25) is 5.95 Å². The molecule has 0 spiro atoms. The molecule has 0 saturated carbocycles. The Hall–Kier alpha value is -1.33. The number of hydrogen-bond donors (Lipinski definition) is 1. The van der Waals surface area contributed by atoms with Crippen LogP contribution in [0.5, 0.6) is 0 Å². The largest absolute Gasteiger partial charge is 0.369 e. The van der Waals surface area contributed by atoms with Crippen LogP contribution in [-0.4, -0.2) is 34.1 Å². The van der Waals surface area contributed by atoms with Crippen molar-refractivity contribution in [3.63, 3.8) is 0 Å². The van der Waals surface area contributed by atoms with Crippen molar-refractivity contribution in [3.05, 3.63) is 23.0 Å². The molecule has 6 heteroatoms. The lowest BCUT2D eigenvalue weighted by molar-refractivity contribution is 0.189. The van der Waals surface area contributed by atoms with Gasteiger partial charge < -0.3 is 15.2 Å². The van der Waals surface area contributed by atoms with E-state index < -0.39 is 5.82 Å². The third-order valence-electron chi connectivity index (χ3n) is 4.22. The minimum Gasteiger partial charge on any atom is -0.369 e. The van der Waals surface area contributed by atoms with Crippen molar-refractivity contribution in [2.24, 2.45) is 0 Å². The maximum absolute atomic E-state index is 13.7. The van der Waals surface area contributed by atoms with E-state index in [1.165, 1.54) is 12.5 Å². The van der Waals surface area contributed by atoms with Crippen molar-refractivity contribution in [1.82, 2.24) is 14.5 Å². The molecular weight excluding hydrogens is 291 g/mol. The highest BCUT2D eigenvalue weighted by Crippen LogP contribution is 2.32. The zero-order valence-corrected chi connectivity index (χ0v) is 12.9. The molecule has 4 nitrogen and oxygen atoms in total. The molecule has 2 aromatic rings. The van der Waals surface area contributed by atoms with E-state index in [0.29, 0.717) is 11.5 Å². The second kappa shape index (κ2) is 5.81. The number of aromatic nitrogens is 2. The number of nitrogens with zero attached hydrogens (tertiary/aromatic N) is 3. The summed E-state index contributed by atoms with van der Waals surface area (Å²) in [5.41, 5.74) is 7.45. The number of imidazole rings is 1. The van der Waals surface area contributed by atoms with Crippen LogP contribution in [0.4, 0.5) is 10.3 Å². The van der Waals surface area contributed by atoms with Crippen molar-refractivity contribution >= 4 is 28.6 Å². The molecule has 2 heterocycles. The van der Waals surface area contributed by atoms with Gasteiger partial charge in [0.1, 0.15) is 5.82 Å². The third kappa shape index (κ3) is 2.72. The molecule has 3 rings (SSSR count). The van der Waals surface area contributed by atoms with Gasteiger partial charge in [-0.2, -0.15) is 0 Å². The zero-order valence-electron chi connectivity index (χ0n) is 12.1. The number of nitrogen functional groups attached to an aromatic ring is 1. The minimum atomic E-state index is -0.422. The van der Waals surface area contributed by atoms with Crippen molar-refractivity contribution in [3.8, 4) is 0 Å². The lowest BCUT2D eigenvalue weighted by Gasteiger charge is -2.33. The highest BCUT2D eigenvalue weighted by atomic mass is 35.5. The van der Waals surface area contributed by atoms with Gasteiger partial charge in [0.15, 0.2) is 0 Å². The maximum atomic E-state index is 13.7. The topological polar surface area (TPSA) is 47.1 Å². The number of rotatable bonds is 3. The Balaban J connectivity index is 1.90. The predicted molar refractivity (Wildman–Crippen MR) is 84.1 cm³/mol. The highest BCUT2D eigenvalue weighted by Gasteiger charge is 2.24. The fourth-order valence-corrected chi connectivity index (χ4v) is 3.37. The average Bonchev–Trinajstić information content (AvgIpc) is 2.76. The minimum absolute atomic E-state index is 0.0879.